The summed E-state index contributed by atoms with van der Waals surface area (Å²) in [6.45, 7) is 2.23. The van der Waals surface area contributed by atoms with E-state index in [0.717, 1.165) is 24.2 Å². The van der Waals surface area contributed by atoms with Crippen LogP contribution in [0.5, 0.6) is 5.75 Å². The largest absolute Gasteiger partial charge is 0.497 e. The maximum absolute atomic E-state index is 12.7. The molecule has 0 atom stereocenters. The minimum Gasteiger partial charge on any atom is -0.497 e. The fourth-order valence-electron chi connectivity index (χ4n) is 2.85. The molecule has 1 aromatic heterocycles. The lowest BCUT2D eigenvalue weighted by atomic mass is 10.2. The van der Waals surface area contributed by atoms with Gasteiger partial charge in [-0.1, -0.05) is 12.1 Å². The number of ether oxygens (including phenoxy) is 2. The summed E-state index contributed by atoms with van der Waals surface area (Å²) in [4.78, 5) is 26.2. The molecule has 2 aromatic rings. The maximum atomic E-state index is 12.7. The average Bonchev–Trinajstić information content (AvgIpc) is 3.46. The second kappa shape index (κ2) is 8.12. The van der Waals surface area contributed by atoms with Crippen LogP contribution in [0.1, 0.15) is 40.3 Å². The van der Waals surface area contributed by atoms with E-state index in [9.17, 15) is 9.59 Å². The van der Waals surface area contributed by atoms with Crippen molar-refractivity contribution in [1.82, 2.24) is 4.90 Å². The summed E-state index contributed by atoms with van der Waals surface area (Å²) in [7, 11) is 2.95. The van der Waals surface area contributed by atoms with Crippen molar-refractivity contribution in [2.45, 2.75) is 32.4 Å². The Bertz CT molecular complexity index is 846. The molecule has 1 fully saturated rings. The van der Waals surface area contributed by atoms with Crippen molar-refractivity contribution in [1.29, 1.82) is 0 Å². The number of furan rings is 1. The lowest BCUT2D eigenvalue weighted by molar-refractivity contribution is -0.127. The Morgan fingerprint density at radius 3 is 2.52 bits per heavy atom. The monoisotopic (exact) mass is 369 g/mol. The third-order valence-electron chi connectivity index (χ3n) is 4.52. The van der Waals surface area contributed by atoms with Crippen molar-refractivity contribution in [2.75, 3.05) is 14.2 Å². The van der Waals surface area contributed by atoms with E-state index in [2.05, 4.69) is 0 Å². The fraction of sp³-hybridized carbons (Fsp3) is 0.333. The zero-order valence-corrected chi connectivity index (χ0v) is 15.7. The van der Waals surface area contributed by atoms with Crippen LogP contribution in [0.15, 0.2) is 40.8 Å². The van der Waals surface area contributed by atoms with Crippen molar-refractivity contribution in [3.8, 4) is 5.75 Å². The molecule has 1 saturated carbocycles. The highest BCUT2D eigenvalue weighted by molar-refractivity contribution is 5.93. The highest BCUT2D eigenvalue weighted by Crippen LogP contribution is 2.29. The first-order valence-electron chi connectivity index (χ1n) is 8.82. The lowest BCUT2D eigenvalue weighted by Gasteiger charge is -2.21. The smallest absolute Gasteiger partial charge is 0.341 e. The Morgan fingerprint density at radius 1 is 1.22 bits per heavy atom. The van der Waals surface area contributed by atoms with Crippen LogP contribution in [0.3, 0.4) is 0 Å². The van der Waals surface area contributed by atoms with Gasteiger partial charge in [-0.3, -0.25) is 4.79 Å². The number of aryl methyl sites for hydroxylation is 1. The van der Waals surface area contributed by atoms with Crippen molar-refractivity contribution >= 4 is 18.0 Å². The van der Waals surface area contributed by atoms with Gasteiger partial charge in [0.05, 0.1) is 14.2 Å². The zero-order valence-electron chi connectivity index (χ0n) is 15.7. The first kappa shape index (κ1) is 18.8. The second-order valence-electron chi connectivity index (χ2n) is 6.49. The van der Waals surface area contributed by atoms with Gasteiger partial charge in [0.25, 0.3) is 0 Å². The summed E-state index contributed by atoms with van der Waals surface area (Å²) in [5, 5.41) is 0. The molecule has 1 aliphatic carbocycles. The molecule has 0 radical (unpaired) electrons. The molecule has 0 N–H and O–H groups in total. The number of benzene rings is 1. The Hall–Kier alpha value is -3.02. The predicted molar refractivity (Wildman–Crippen MR) is 100 cm³/mol. The van der Waals surface area contributed by atoms with Gasteiger partial charge in [0, 0.05) is 18.7 Å². The minimum absolute atomic E-state index is 0.0815. The normalized spacial score (nSPS) is 13.6. The van der Waals surface area contributed by atoms with Crippen LogP contribution in [-0.2, 0) is 16.1 Å². The highest BCUT2D eigenvalue weighted by Gasteiger charge is 2.31. The Kier molecular flexibility index (Phi) is 5.64. The molecule has 142 valence electrons. The van der Waals surface area contributed by atoms with Gasteiger partial charge in [0.1, 0.15) is 22.8 Å². The molecule has 0 spiro atoms. The summed E-state index contributed by atoms with van der Waals surface area (Å²) in [5.74, 6) is 1.16. The number of amides is 1. The molecular formula is C21H23NO5. The van der Waals surface area contributed by atoms with E-state index < -0.39 is 5.97 Å². The molecule has 0 bridgehead atoms. The molecule has 1 amide bonds. The molecule has 27 heavy (non-hydrogen) atoms. The SMILES string of the molecule is COC(=O)c1cc(/C=C/C(=O)N(Cc2ccc(OC)cc2)C2CC2)oc1C. The summed E-state index contributed by atoms with van der Waals surface area (Å²) in [6.07, 6.45) is 5.11. The zero-order chi connectivity index (χ0) is 19.4. The quantitative estimate of drug-likeness (QED) is 0.551. The number of carbonyl (C=O) groups excluding carboxylic acids is 2. The van der Waals surface area contributed by atoms with Crippen molar-refractivity contribution in [2.24, 2.45) is 0 Å². The van der Waals surface area contributed by atoms with E-state index in [-0.39, 0.29) is 11.9 Å². The molecule has 1 aromatic carbocycles. The van der Waals surface area contributed by atoms with E-state index in [4.69, 9.17) is 13.9 Å². The lowest BCUT2D eigenvalue weighted by Crippen LogP contribution is -2.31. The number of nitrogens with zero attached hydrogens (tertiary/aromatic N) is 1. The summed E-state index contributed by atoms with van der Waals surface area (Å²) >= 11 is 0. The summed E-state index contributed by atoms with van der Waals surface area (Å²) < 4.78 is 15.4. The topological polar surface area (TPSA) is 69.0 Å². The van der Waals surface area contributed by atoms with Gasteiger partial charge < -0.3 is 18.8 Å². The molecule has 6 nitrogen and oxygen atoms in total. The van der Waals surface area contributed by atoms with Crippen LogP contribution < -0.4 is 4.74 Å². The molecule has 1 heterocycles. The van der Waals surface area contributed by atoms with Crippen LogP contribution in [0.4, 0.5) is 0 Å². The number of hydrogen-bond donors (Lipinski definition) is 0. The van der Waals surface area contributed by atoms with E-state index in [1.807, 2.05) is 29.2 Å². The number of rotatable bonds is 7. The van der Waals surface area contributed by atoms with Gasteiger partial charge >= 0.3 is 5.97 Å². The molecule has 1 aliphatic rings. The van der Waals surface area contributed by atoms with Crippen LogP contribution in [0.2, 0.25) is 0 Å². The van der Waals surface area contributed by atoms with Crippen molar-refractivity contribution < 1.29 is 23.5 Å². The molecule has 0 aliphatic heterocycles. The molecule has 0 saturated heterocycles. The number of carbonyl (C=O) groups is 2. The first-order valence-corrected chi connectivity index (χ1v) is 8.82. The van der Waals surface area contributed by atoms with E-state index in [1.54, 1.807) is 26.2 Å². The summed E-state index contributed by atoms with van der Waals surface area (Å²) in [5.41, 5.74) is 1.41. The van der Waals surface area contributed by atoms with Crippen LogP contribution in [-0.4, -0.2) is 37.0 Å². The highest BCUT2D eigenvalue weighted by atomic mass is 16.5. The third-order valence-corrected chi connectivity index (χ3v) is 4.52. The van der Waals surface area contributed by atoms with Gasteiger partial charge in [0.15, 0.2) is 0 Å². The van der Waals surface area contributed by atoms with Crippen molar-refractivity contribution in [3.63, 3.8) is 0 Å². The Balaban J connectivity index is 1.70. The van der Waals surface area contributed by atoms with Gasteiger partial charge in [-0.25, -0.2) is 4.79 Å². The Labute approximate surface area is 158 Å². The molecular weight excluding hydrogens is 346 g/mol. The van der Waals surface area contributed by atoms with Crippen LogP contribution >= 0.6 is 0 Å². The fourth-order valence-corrected chi connectivity index (χ4v) is 2.85. The van der Waals surface area contributed by atoms with E-state index in [0.29, 0.717) is 23.6 Å². The van der Waals surface area contributed by atoms with Gasteiger partial charge in [-0.2, -0.15) is 0 Å². The van der Waals surface area contributed by atoms with Crippen molar-refractivity contribution in [3.05, 3.63) is 59.1 Å². The van der Waals surface area contributed by atoms with Gasteiger partial charge in [0.2, 0.25) is 5.91 Å². The number of hydrogen-bond acceptors (Lipinski definition) is 5. The first-order chi connectivity index (χ1) is 13.0. The number of esters is 1. The average molecular weight is 369 g/mol. The maximum Gasteiger partial charge on any atom is 0.341 e. The van der Waals surface area contributed by atoms with E-state index >= 15 is 0 Å². The molecule has 6 heteroatoms. The van der Waals surface area contributed by atoms with Gasteiger partial charge in [-0.15, -0.1) is 0 Å². The van der Waals surface area contributed by atoms with E-state index in [1.165, 1.54) is 13.2 Å². The molecule has 3 rings (SSSR count). The van der Waals surface area contributed by atoms with Crippen LogP contribution in [0, 0.1) is 6.92 Å². The number of methoxy groups -OCH3 is 2. The second-order valence-corrected chi connectivity index (χ2v) is 6.49. The van der Waals surface area contributed by atoms with Gasteiger partial charge in [-0.05, 0) is 49.6 Å². The third kappa shape index (κ3) is 4.58. The Morgan fingerprint density at radius 2 is 1.93 bits per heavy atom. The standard InChI is InChI=1S/C21H23NO5/c1-14-19(21(24)26-3)12-18(27-14)10-11-20(23)22(16-6-7-16)13-15-4-8-17(25-2)9-5-15/h4-5,8-12,16H,6-7,13H2,1-3H3/b11-10+. The molecule has 0 unspecified atom stereocenters. The van der Waals surface area contributed by atoms with Crippen LogP contribution in [0.25, 0.3) is 6.08 Å². The minimum atomic E-state index is -0.457. The predicted octanol–water partition coefficient (Wildman–Crippen LogP) is 3.59. The summed E-state index contributed by atoms with van der Waals surface area (Å²) in [6, 6.07) is 9.55.